The third-order valence-electron chi connectivity index (χ3n) is 2.58. The predicted molar refractivity (Wildman–Crippen MR) is 69.1 cm³/mol. The lowest BCUT2D eigenvalue weighted by Gasteiger charge is -2.06. The van der Waals surface area contributed by atoms with E-state index in [4.69, 9.17) is 5.21 Å². The van der Waals surface area contributed by atoms with E-state index < -0.39 is 22.5 Å². The number of nitrogens with one attached hydrogen (secondary N) is 2. The molecule has 0 fully saturated rings. The Bertz CT molecular complexity index is 712. The van der Waals surface area contributed by atoms with Crippen molar-refractivity contribution in [1.29, 1.82) is 0 Å². The van der Waals surface area contributed by atoms with Crippen molar-refractivity contribution >= 4 is 26.7 Å². The highest BCUT2D eigenvalue weighted by molar-refractivity contribution is 7.89. The summed E-state index contributed by atoms with van der Waals surface area (Å²) < 4.78 is 25.9. The van der Waals surface area contributed by atoms with E-state index in [2.05, 4.69) is 4.72 Å². The first-order valence-electron chi connectivity index (χ1n) is 5.44. The van der Waals surface area contributed by atoms with Crippen LogP contribution in [0, 0.1) is 0 Å². The van der Waals surface area contributed by atoms with Gasteiger partial charge in [-0.25, -0.2) is 18.6 Å². The maximum Gasteiger partial charge on any atom is 0.258 e. The number of fused-ring (bicyclic) bond motifs is 1. The average molecular weight is 280 g/mol. The Hall–Kier alpha value is -1.96. The molecule has 0 saturated heterocycles. The number of rotatable bonds is 4. The summed E-state index contributed by atoms with van der Waals surface area (Å²) in [5.74, 6) is -0.829. The minimum atomic E-state index is -3.78. The SMILES string of the molecule is O=C(CNS(=O)(=O)c1ccc2ccccc2c1)NO. The topological polar surface area (TPSA) is 95.5 Å². The number of hydrogen-bond donors (Lipinski definition) is 3. The van der Waals surface area contributed by atoms with Crippen molar-refractivity contribution in [3.63, 3.8) is 0 Å². The Morgan fingerprint density at radius 1 is 1.11 bits per heavy atom. The number of benzene rings is 2. The van der Waals surface area contributed by atoms with Crippen molar-refractivity contribution in [1.82, 2.24) is 10.2 Å². The predicted octanol–water partition coefficient (Wildman–Crippen LogP) is 0.623. The lowest BCUT2D eigenvalue weighted by atomic mass is 10.1. The third-order valence-corrected chi connectivity index (χ3v) is 3.98. The molecular weight excluding hydrogens is 268 g/mol. The first-order valence-corrected chi connectivity index (χ1v) is 6.92. The van der Waals surface area contributed by atoms with Gasteiger partial charge >= 0.3 is 0 Å². The van der Waals surface area contributed by atoms with Crippen LogP contribution in [0.1, 0.15) is 0 Å². The van der Waals surface area contributed by atoms with Crippen molar-refractivity contribution < 1.29 is 18.4 Å². The number of hydroxylamine groups is 1. The van der Waals surface area contributed by atoms with E-state index in [1.54, 1.807) is 12.1 Å². The molecule has 0 spiro atoms. The van der Waals surface area contributed by atoms with Crippen molar-refractivity contribution in [3.8, 4) is 0 Å². The van der Waals surface area contributed by atoms with E-state index in [9.17, 15) is 13.2 Å². The Kier molecular flexibility index (Phi) is 3.79. The third kappa shape index (κ3) is 3.08. The molecule has 0 heterocycles. The Morgan fingerprint density at radius 2 is 1.79 bits per heavy atom. The van der Waals surface area contributed by atoms with Crippen molar-refractivity contribution in [3.05, 3.63) is 42.5 Å². The zero-order valence-corrected chi connectivity index (χ0v) is 10.6. The van der Waals surface area contributed by atoms with Crippen LogP contribution in [-0.4, -0.2) is 26.1 Å². The van der Waals surface area contributed by atoms with Gasteiger partial charge in [0.05, 0.1) is 11.4 Å². The minimum Gasteiger partial charge on any atom is -0.289 e. The lowest BCUT2D eigenvalue weighted by Crippen LogP contribution is -2.35. The van der Waals surface area contributed by atoms with E-state index >= 15 is 0 Å². The van der Waals surface area contributed by atoms with Gasteiger partial charge in [0.15, 0.2) is 0 Å². The molecule has 19 heavy (non-hydrogen) atoms. The first kappa shape index (κ1) is 13.5. The average Bonchev–Trinajstić information content (AvgIpc) is 2.44. The molecule has 100 valence electrons. The summed E-state index contributed by atoms with van der Waals surface area (Å²) in [5.41, 5.74) is 1.35. The molecular formula is C12H12N2O4S. The van der Waals surface area contributed by atoms with Crippen LogP contribution in [-0.2, 0) is 14.8 Å². The molecule has 0 aliphatic rings. The van der Waals surface area contributed by atoms with Gasteiger partial charge in [-0.15, -0.1) is 0 Å². The molecule has 1 amide bonds. The summed E-state index contributed by atoms with van der Waals surface area (Å²) in [6, 6.07) is 12.0. The minimum absolute atomic E-state index is 0.0666. The van der Waals surface area contributed by atoms with Crippen molar-refractivity contribution in [2.24, 2.45) is 0 Å². The Labute approximate surface area is 110 Å². The summed E-state index contributed by atoms with van der Waals surface area (Å²) in [6.45, 7) is -0.522. The van der Waals surface area contributed by atoms with Gasteiger partial charge in [-0.2, -0.15) is 0 Å². The second-order valence-electron chi connectivity index (χ2n) is 3.87. The van der Waals surface area contributed by atoms with Crippen LogP contribution in [0.25, 0.3) is 10.8 Å². The Morgan fingerprint density at radius 3 is 2.47 bits per heavy atom. The van der Waals surface area contributed by atoms with Gasteiger partial charge in [0, 0.05) is 0 Å². The Balaban J connectivity index is 2.30. The van der Waals surface area contributed by atoms with Crippen LogP contribution in [0.4, 0.5) is 0 Å². The van der Waals surface area contributed by atoms with Crippen molar-refractivity contribution in [2.45, 2.75) is 4.90 Å². The molecule has 2 aromatic rings. The molecule has 0 unspecified atom stereocenters. The highest BCUT2D eigenvalue weighted by atomic mass is 32.2. The lowest BCUT2D eigenvalue weighted by molar-refractivity contribution is -0.127. The maximum atomic E-state index is 11.9. The van der Waals surface area contributed by atoms with E-state index in [-0.39, 0.29) is 4.90 Å². The molecule has 6 nitrogen and oxygen atoms in total. The number of amides is 1. The molecule has 3 N–H and O–H groups in total. The van der Waals surface area contributed by atoms with Gasteiger partial charge in [0.1, 0.15) is 0 Å². The van der Waals surface area contributed by atoms with E-state index in [1.807, 2.05) is 18.2 Å². The summed E-state index contributed by atoms with van der Waals surface area (Å²) >= 11 is 0. The first-order chi connectivity index (χ1) is 9.03. The van der Waals surface area contributed by atoms with Gasteiger partial charge in [-0.05, 0) is 22.9 Å². The molecule has 0 atom stereocenters. The summed E-state index contributed by atoms with van der Waals surface area (Å²) in [6.07, 6.45) is 0. The number of hydrogen-bond acceptors (Lipinski definition) is 4. The van der Waals surface area contributed by atoms with Gasteiger partial charge in [0.2, 0.25) is 10.0 Å². The van der Waals surface area contributed by atoms with Crippen LogP contribution < -0.4 is 10.2 Å². The fraction of sp³-hybridized carbons (Fsp3) is 0.0833. The van der Waals surface area contributed by atoms with Crippen LogP contribution in [0.5, 0.6) is 0 Å². The molecule has 0 aliphatic heterocycles. The van der Waals surface area contributed by atoms with Crippen LogP contribution >= 0.6 is 0 Å². The molecule has 0 saturated carbocycles. The fourth-order valence-corrected chi connectivity index (χ4v) is 2.64. The van der Waals surface area contributed by atoms with Crippen molar-refractivity contribution in [2.75, 3.05) is 6.54 Å². The largest absolute Gasteiger partial charge is 0.289 e. The fourth-order valence-electron chi connectivity index (χ4n) is 1.62. The highest BCUT2D eigenvalue weighted by Crippen LogP contribution is 2.18. The maximum absolute atomic E-state index is 11.9. The molecule has 7 heteroatoms. The molecule has 0 aromatic heterocycles. The molecule has 0 aliphatic carbocycles. The van der Waals surface area contributed by atoms with Gasteiger partial charge in [0.25, 0.3) is 5.91 Å². The molecule has 2 rings (SSSR count). The normalized spacial score (nSPS) is 11.4. The molecule has 0 bridgehead atoms. The monoisotopic (exact) mass is 280 g/mol. The smallest absolute Gasteiger partial charge is 0.258 e. The summed E-state index contributed by atoms with van der Waals surface area (Å²) in [7, 11) is -3.78. The van der Waals surface area contributed by atoms with E-state index in [1.165, 1.54) is 17.6 Å². The second kappa shape index (κ2) is 5.35. The second-order valence-corrected chi connectivity index (χ2v) is 5.64. The number of sulfonamides is 1. The zero-order valence-electron chi connectivity index (χ0n) is 9.83. The number of carbonyl (C=O) groups excluding carboxylic acids is 1. The summed E-state index contributed by atoms with van der Waals surface area (Å²) in [5, 5.41) is 10.0. The van der Waals surface area contributed by atoms with E-state index in [0.29, 0.717) is 0 Å². The quantitative estimate of drug-likeness (QED) is 0.565. The summed E-state index contributed by atoms with van der Waals surface area (Å²) in [4.78, 5) is 10.9. The van der Waals surface area contributed by atoms with Gasteiger partial charge < -0.3 is 0 Å². The zero-order chi connectivity index (χ0) is 13.9. The van der Waals surface area contributed by atoms with Gasteiger partial charge in [-0.3, -0.25) is 10.0 Å². The van der Waals surface area contributed by atoms with Crippen LogP contribution in [0.3, 0.4) is 0 Å². The number of carbonyl (C=O) groups is 1. The molecule has 2 aromatic carbocycles. The standard InChI is InChI=1S/C12H12N2O4S/c15-12(14-16)8-13-19(17,18)11-6-5-9-3-1-2-4-10(9)7-11/h1-7,13,16H,8H2,(H,14,15). The van der Waals surface area contributed by atoms with E-state index in [0.717, 1.165) is 10.8 Å². The van der Waals surface area contributed by atoms with Crippen LogP contribution in [0.2, 0.25) is 0 Å². The highest BCUT2D eigenvalue weighted by Gasteiger charge is 2.15. The van der Waals surface area contributed by atoms with Gasteiger partial charge in [-0.1, -0.05) is 30.3 Å². The molecule has 0 radical (unpaired) electrons. The van der Waals surface area contributed by atoms with Crippen LogP contribution in [0.15, 0.2) is 47.4 Å².